The number of rotatable bonds is 5. The highest BCUT2D eigenvalue weighted by Crippen LogP contribution is 2.16. The molecule has 1 aromatic rings. The minimum Gasteiger partial charge on any atom is -0.359 e. The van der Waals surface area contributed by atoms with E-state index >= 15 is 0 Å². The highest BCUT2D eigenvalue weighted by molar-refractivity contribution is 7.11. The van der Waals surface area contributed by atoms with Gasteiger partial charge in [-0.1, -0.05) is 0 Å². The number of carbonyl (C=O) groups is 1. The molecule has 7 heteroatoms. The first-order chi connectivity index (χ1) is 8.28. The summed E-state index contributed by atoms with van der Waals surface area (Å²) in [5.41, 5.74) is 0. The number of thiophene rings is 1. The molecule has 1 atom stereocenters. The number of halogens is 3. The Kier molecular flexibility index (Phi) is 5.15. The van der Waals surface area contributed by atoms with Crippen molar-refractivity contribution in [2.75, 3.05) is 6.61 Å². The third-order valence-electron chi connectivity index (χ3n) is 2.10. The molecule has 0 fully saturated rings. The third-order valence-corrected chi connectivity index (χ3v) is 3.10. The van der Waals surface area contributed by atoms with Crippen LogP contribution in [0.25, 0.3) is 0 Å². The van der Waals surface area contributed by atoms with Gasteiger partial charge in [0.05, 0.1) is 6.54 Å². The molecule has 0 aliphatic rings. The van der Waals surface area contributed by atoms with Crippen molar-refractivity contribution in [3.05, 3.63) is 21.9 Å². The zero-order chi connectivity index (χ0) is 13.8. The molecule has 0 aliphatic heterocycles. The Hall–Kier alpha value is -1.08. The normalized spacial score (nSPS) is 13.4. The van der Waals surface area contributed by atoms with Crippen LogP contribution in [-0.2, 0) is 16.1 Å². The summed E-state index contributed by atoms with van der Waals surface area (Å²) in [4.78, 5) is 13.5. The highest BCUT2D eigenvalue weighted by atomic mass is 32.1. The number of nitrogens with one attached hydrogen (secondary N) is 1. The summed E-state index contributed by atoms with van der Waals surface area (Å²) in [6, 6.07) is 3.78. The zero-order valence-corrected chi connectivity index (χ0v) is 10.8. The van der Waals surface area contributed by atoms with Crippen molar-refractivity contribution in [3.63, 3.8) is 0 Å². The Balaban J connectivity index is 2.32. The summed E-state index contributed by atoms with van der Waals surface area (Å²) < 4.78 is 40.1. The second-order valence-corrected chi connectivity index (χ2v) is 5.17. The summed E-state index contributed by atoms with van der Waals surface area (Å²) in [6.45, 7) is 2.11. The fraction of sp³-hybridized carbons (Fsp3) is 0.545. The number of hydrogen-bond acceptors (Lipinski definition) is 3. The van der Waals surface area contributed by atoms with E-state index in [0.29, 0.717) is 6.54 Å². The number of amides is 1. The standard InChI is InChI=1S/C11H14F3NO2S/c1-7-3-4-9(18-7)5-15-10(16)8(2)17-6-11(12,13)14/h3-4,8H,5-6H2,1-2H3,(H,15,16). The maximum absolute atomic E-state index is 11.9. The van der Waals surface area contributed by atoms with Crippen LogP contribution in [0.1, 0.15) is 16.7 Å². The fourth-order valence-electron chi connectivity index (χ4n) is 1.19. The van der Waals surface area contributed by atoms with Gasteiger partial charge in [-0.15, -0.1) is 11.3 Å². The van der Waals surface area contributed by atoms with E-state index in [2.05, 4.69) is 10.1 Å². The number of hydrogen-bond donors (Lipinski definition) is 1. The monoisotopic (exact) mass is 281 g/mol. The lowest BCUT2D eigenvalue weighted by Crippen LogP contribution is -2.36. The zero-order valence-electron chi connectivity index (χ0n) is 10.0. The molecule has 0 saturated carbocycles. The van der Waals surface area contributed by atoms with Gasteiger partial charge in [0.2, 0.25) is 5.91 Å². The summed E-state index contributed by atoms with van der Waals surface area (Å²) in [7, 11) is 0. The van der Waals surface area contributed by atoms with Gasteiger partial charge in [0.1, 0.15) is 12.7 Å². The van der Waals surface area contributed by atoms with Crippen LogP contribution in [0.15, 0.2) is 12.1 Å². The van der Waals surface area contributed by atoms with Crippen molar-refractivity contribution in [1.29, 1.82) is 0 Å². The number of aryl methyl sites for hydroxylation is 1. The van der Waals surface area contributed by atoms with Crippen LogP contribution < -0.4 is 5.32 Å². The molecule has 0 saturated heterocycles. The Labute approximate surface area is 107 Å². The van der Waals surface area contributed by atoms with Gasteiger partial charge in [0, 0.05) is 9.75 Å². The smallest absolute Gasteiger partial charge is 0.359 e. The van der Waals surface area contributed by atoms with Crippen LogP contribution in [-0.4, -0.2) is 24.8 Å². The molecular formula is C11H14F3NO2S. The Morgan fingerprint density at radius 3 is 2.67 bits per heavy atom. The largest absolute Gasteiger partial charge is 0.411 e. The molecule has 3 nitrogen and oxygen atoms in total. The molecule has 102 valence electrons. The maximum atomic E-state index is 11.9. The summed E-state index contributed by atoms with van der Waals surface area (Å²) in [5.74, 6) is -0.551. The lowest BCUT2D eigenvalue weighted by molar-refractivity contribution is -0.185. The topological polar surface area (TPSA) is 38.3 Å². The van der Waals surface area contributed by atoms with Crippen LogP contribution >= 0.6 is 11.3 Å². The summed E-state index contributed by atoms with van der Waals surface area (Å²) >= 11 is 1.52. The van der Waals surface area contributed by atoms with E-state index in [-0.39, 0.29) is 0 Å². The quantitative estimate of drug-likeness (QED) is 0.901. The first kappa shape index (κ1) is 15.0. The molecule has 0 radical (unpaired) electrons. The van der Waals surface area contributed by atoms with Crippen molar-refractivity contribution in [2.45, 2.75) is 32.7 Å². The predicted octanol–water partition coefficient (Wildman–Crippen LogP) is 2.64. The average Bonchev–Trinajstić information content (AvgIpc) is 2.67. The minimum atomic E-state index is -4.42. The predicted molar refractivity (Wildman–Crippen MR) is 62.4 cm³/mol. The third kappa shape index (κ3) is 5.50. The molecule has 1 amide bonds. The van der Waals surface area contributed by atoms with Gasteiger partial charge >= 0.3 is 6.18 Å². The SMILES string of the molecule is Cc1ccc(CNC(=O)C(C)OCC(F)(F)F)s1. The number of ether oxygens (including phenoxy) is 1. The molecular weight excluding hydrogens is 267 g/mol. The van der Waals surface area contributed by atoms with Crippen LogP contribution in [0.4, 0.5) is 13.2 Å². The molecule has 1 N–H and O–H groups in total. The molecule has 1 heterocycles. The van der Waals surface area contributed by atoms with E-state index in [9.17, 15) is 18.0 Å². The van der Waals surface area contributed by atoms with Gasteiger partial charge in [-0.25, -0.2) is 0 Å². The molecule has 0 spiro atoms. The lowest BCUT2D eigenvalue weighted by Gasteiger charge is -2.14. The minimum absolute atomic E-state index is 0.303. The van der Waals surface area contributed by atoms with Gasteiger partial charge in [0.25, 0.3) is 0 Å². The van der Waals surface area contributed by atoms with Crippen molar-refractivity contribution in [1.82, 2.24) is 5.32 Å². The first-order valence-corrected chi connectivity index (χ1v) is 6.11. The van der Waals surface area contributed by atoms with Gasteiger partial charge < -0.3 is 10.1 Å². The van der Waals surface area contributed by atoms with Gasteiger partial charge in [-0.05, 0) is 26.0 Å². The first-order valence-electron chi connectivity index (χ1n) is 5.29. The molecule has 0 aromatic carbocycles. The van der Waals surface area contributed by atoms with E-state index in [4.69, 9.17) is 0 Å². The maximum Gasteiger partial charge on any atom is 0.411 e. The molecule has 1 unspecified atom stereocenters. The average molecular weight is 281 g/mol. The molecule has 0 bridgehead atoms. The van der Waals surface area contributed by atoms with Crippen LogP contribution in [0.5, 0.6) is 0 Å². The van der Waals surface area contributed by atoms with Crippen molar-refractivity contribution < 1.29 is 22.7 Å². The summed E-state index contributed by atoms with van der Waals surface area (Å²) in [5, 5.41) is 2.53. The van der Waals surface area contributed by atoms with E-state index in [1.807, 2.05) is 19.1 Å². The molecule has 1 aromatic heterocycles. The van der Waals surface area contributed by atoms with Gasteiger partial charge in [-0.2, -0.15) is 13.2 Å². The van der Waals surface area contributed by atoms with Crippen LogP contribution in [0.2, 0.25) is 0 Å². The number of carbonyl (C=O) groups excluding carboxylic acids is 1. The van der Waals surface area contributed by atoms with Crippen LogP contribution in [0.3, 0.4) is 0 Å². The van der Waals surface area contributed by atoms with Crippen molar-refractivity contribution in [2.24, 2.45) is 0 Å². The van der Waals surface area contributed by atoms with E-state index in [0.717, 1.165) is 9.75 Å². The Morgan fingerprint density at radius 2 is 2.17 bits per heavy atom. The Bertz CT molecular complexity index is 403. The van der Waals surface area contributed by atoms with E-state index in [1.165, 1.54) is 18.3 Å². The molecule has 0 aliphatic carbocycles. The lowest BCUT2D eigenvalue weighted by atomic mass is 10.3. The molecule has 1 rings (SSSR count). The Morgan fingerprint density at radius 1 is 1.50 bits per heavy atom. The second kappa shape index (κ2) is 6.19. The second-order valence-electron chi connectivity index (χ2n) is 3.80. The number of alkyl halides is 3. The summed E-state index contributed by atoms with van der Waals surface area (Å²) in [6.07, 6.45) is -5.54. The highest BCUT2D eigenvalue weighted by Gasteiger charge is 2.29. The van der Waals surface area contributed by atoms with Gasteiger partial charge in [-0.3, -0.25) is 4.79 Å². The fourth-order valence-corrected chi connectivity index (χ4v) is 2.02. The molecule has 18 heavy (non-hydrogen) atoms. The van der Waals surface area contributed by atoms with Crippen LogP contribution in [0, 0.1) is 6.92 Å². The van der Waals surface area contributed by atoms with E-state index < -0.39 is 24.8 Å². The van der Waals surface area contributed by atoms with Crippen molar-refractivity contribution in [3.8, 4) is 0 Å². The van der Waals surface area contributed by atoms with Crippen molar-refractivity contribution >= 4 is 17.2 Å². The van der Waals surface area contributed by atoms with Gasteiger partial charge in [0.15, 0.2) is 0 Å². The van der Waals surface area contributed by atoms with E-state index in [1.54, 1.807) is 0 Å².